The van der Waals surface area contributed by atoms with Crippen LogP contribution in [0.4, 0.5) is 5.69 Å². The van der Waals surface area contributed by atoms with Crippen molar-refractivity contribution in [3.8, 4) is 0 Å². The molecule has 1 aliphatic rings. The normalized spacial score (nSPS) is 14.5. The number of likely N-dealkylation sites (N-methyl/N-ethyl adjacent to an activating group) is 1. The van der Waals surface area contributed by atoms with E-state index >= 15 is 0 Å². The Hall–Kier alpha value is -2.99. The Bertz CT molecular complexity index is 956. The maximum Gasteiger partial charge on any atom is 0.270 e. The summed E-state index contributed by atoms with van der Waals surface area (Å²) in [6, 6.07) is 5.54. The van der Waals surface area contributed by atoms with Crippen molar-refractivity contribution >= 4 is 29.3 Å². The molecule has 2 aromatic rings. The molecule has 0 atom stereocenters. The Labute approximate surface area is 183 Å². The van der Waals surface area contributed by atoms with Gasteiger partial charge in [-0.1, -0.05) is 17.8 Å². The number of rotatable bonds is 8. The standard InChI is InChI=1S/C19H25N7O4S/c1-3-25-16(12-20-18(28)14-5-4-6-15(11-14)26(29)30)21-22-19(25)31-13-17(27)24-9-7-23(2)8-10-24/h4-6,11H,3,7-10,12-13H2,1-2H3,(H,20,28). The van der Waals surface area contributed by atoms with Gasteiger partial charge in [-0.25, -0.2) is 0 Å². The summed E-state index contributed by atoms with van der Waals surface area (Å²) in [5.41, 5.74) is 0.0530. The van der Waals surface area contributed by atoms with Gasteiger partial charge in [-0.2, -0.15) is 0 Å². The predicted octanol–water partition coefficient (Wildman–Crippen LogP) is 1.00. The molecule has 166 valence electrons. The number of carbonyl (C=O) groups is 2. The molecular formula is C19H25N7O4S. The third kappa shape index (κ3) is 5.79. The lowest BCUT2D eigenvalue weighted by Crippen LogP contribution is -2.47. The molecule has 1 fully saturated rings. The number of hydrogen-bond acceptors (Lipinski definition) is 8. The lowest BCUT2D eigenvalue weighted by atomic mass is 10.2. The van der Waals surface area contributed by atoms with Gasteiger partial charge in [-0.05, 0) is 20.0 Å². The van der Waals surface area contributed by atoms with E-state index in [9.17, 15) is 19.7 Å². The fraction of sp³-hybridized carbons (Fsp3) is 0.474. The Balaban J connectivity index is 1.57. The average molecular weight is 448 g/mol. The summed E-state index contributed by atoms with van der Waals surface area (Å²) in [5.74, 6) is 0.468. The van der Waals surface area contributed by atoms with Crippen LogP contribution >= 0.6 is 11.8 Å². The number of benzene rings is 1. The van der Waals surface area contributed by atoms with Crippen molar-refractivity contribution in [1.82, 2.24) is 29.9 Å². The van der Waals surface area contributed by atoms with Crippen molar-refractivity contribution in [3.63, 3.8) is 0 Å². The second-order valence-corrected chi connectivity index (χ2v) is 8.05. The fourth-order valence-corrected chi connectivity index (χ4v) is 4.09. The maximum absolute atomic E-state index is 12.5. The first-order valence-electron chi connectivity index (χ1n) is 9.93. The minimum absolute atomic E-state index is 0.0734. The van der Waals surface area contributed by atoms with Crippen molar-refractivity contribution in [2.45, 2.75) is 25.2 Å². The van der Waals surface area contributed by atoms with E-state index in [0.29, 0.717) is 17.5 Å². The van der Waals surface area contributed by atoms with Crippen LogP contribution in [0.5, 0.6) is 0 Å². The molecule has 1 N–H and O–H groups in total. The molecule has 0 saturated carbocycles. The number of amides is 2. The Morgan fingerprint density at radius 2 is 1.97 bits per heavy atom. The molecule has 0 radical (unpaired) electrons. The minimum atomic E-state index is -0.544. The van der Waals surface area contributed by atoms with Crippen LogP contribution in [0.3, 0.4) is 0 Å². The topological polar surface area (TPSA) is 126 Å². The summed E-state index contributed by atoms with van der Waals surface area (Å²) in [6.07, 6.45) is 0. The summed E-state index contributed by atoms with van der Waals surface area (Å²) in [5, 5.41) is 22.5. The number of aromatic nitrogens is 3. The number of piperazine rings is 1. The summed E-state index contributed by atoms with van der Waals surface area (Å²) >= 11 is 1.33. The first-order chi connectivity index (χ1) is 14.9. The van der Waals surface area contributed by atoms with Gasteiger partial charge in [-0.3, -0.25) is 19.7 Å². The third-order valence-corrected chi connectivity index (χ3v) is 5.97. The van der Waals surface area contributed by atoms with Crippen molar-refractivity contribution in [1.29, 1.82) is 0 Å². The van der Waals surface area contributed by atoms with Crippen molar-refractivity contribution in [2.24, 2.45) is 0 Å². The molecule has 2 amide bonds. The van der Waals surface area contributed by atoms with Crippen LogP contribution in [-0.4, -0.2) is 80.3 Å². The van der Waals surface area contributed by atoms with Gasteiger partial charge < -0.3 is 19.7 Å². The zero-order chi connectivity index (χ0) is 22.4. The number of nitro benzene ring substituents is 1. The van der Waals surface area contributed by atoms with Crippen molar-refractivity contribution < 1.29 is 14.5 Å². The Morgan fingerprint density at radius 3 is 2.65 bits per heavy atom. The van der Waals surface area contributed by atoms with E-state index in [1.807, 2.05) is 23.4 Å². The molecule has 0 spiro atoms. The molecule has 3 rings (SSSR count). The van der Waals surface area contributed by atoms with Crippen LogP contribution in [0.25, 0.3) is 0 Å². The predicted molar refractivity (Wildman–Crippen MR) is 115 cm³/mol. The van der Waals surface area contributed by atoms with Gasteiger partial charge in [0.05, 0.1) is 17.2 Å². The highest BCUT2D eigenvalue weighted by Crippen LogP contribution is 2.18. The van der Waals surface area contributed by atoms with Crippen LogP contribution in [0.1, 0.15) is 23.1 Å². The van der Waals surface area contributed by atoms with E-state index < -0.39 is 10.8 Å². The molecule has 1 saturated heterocycles. The van der Waals surface area contributed by atoms with Crippen LogP contribution < -0.4 is 5.32 Å². The molecule has 0 unspecified atom stereocenters. The Kier molecular flexibility index (Phi) is 7.58. The van der Waals surface area contributed by atoms with E-state index in [4.69, 9.17) is 0 Å². The van der Waals surface area contributed by atoms with E-state index in [-0.39, 0.29) is 29.5 Å². The largest absolute Gasteiger partial charge is 0.345 e. The molecule has 31 heavy (non-hydrogen) atoms. The van der Waals surface area contributed by atoms with E-state index in [1.54, 1.807) is 0 Å². The lowest BCUT2D eigenvalue weighted by molar-refractivity contribution is -0.384. The molecule has 1 aliphatic heterocycles. The summed E-state index contributed by atoms with van der Waals surface area (Å²) in [7, 11) is 2.04. The van der Waals surface area contributed by atoms with Crippen LogP contribution in [0, 0.1) is 10.1 Å². The highest BCUT2D eigenvalue weighted by Gasteiger charge is 2.21. The van der Waals surface area contributed by atoms with Gasteiger partial charge in [0.1, 0.15) is 0 Å². The molecule has 0 bridgehead atoms. The average Bonchev–Trinajstić information content (AvgIpc) is 3.18. The van der Waals surface area contributed by atoms with Crippen LogP contribution in [0.2, 0.25) is 0 Å². The molecular weight excluding hydrogens is 422 g/mol. The summed E-state index contributed by atoms with van der Waals surface area (Å²) < 4.78 is 1.84. The van der Waals surface area contributed by atoms with Gasteiger partial charge in [0.25, 0.3) is 11.6 Å². The molecule has 0 aliphatic carbocycles. The van der Waals surface area contributed by atoms with E-state index in [2.05, 4.69) is 20.4 Å². The van der Waals surface area contributed by atoms with Gasteiger partial charge in [-0.15, -0.1) is 10.2 Å². The quantitative estimate of drug-likeness (QED) is 0.361. The van der Waals surface area contributed by atoms with Gasteiger partial charge in [0, 0.05) is 50.4 Å². The third-order valence-electron chi connectivity index (χ3n) is 5.02. The van der Waals surface area contributed by atoms with Crippen LogP contribution in [-0.2, 0) is 17.9 Å². The molecule has 1 aromatic heterocycles. The number of nitrogens with zero attached hydrogens (tertiary/aromatic N) is 6. The number of nitrogens with one attached hydrogen (secondary N) is 1. The second kappa shape index (κ2) is 10.4. The first-order valence-corrected chi connectivity index (χ1v) is 10.9. The molecule has 11 nitrogen and oxygen atoms in total. The van der Waals surface area contributed by atoms with Gasteiger partial charge in [0.15, 0.2) is 11.0 Å². The highest BCUT2D eigenvalue weighted by atomic mass is 32.2. The Morgan fingerprint density at radius 1 is 1.23 bits per heavy atom. The second-order valence-electron chi connectivity index (χ2n) is 7.11. The first kappa shape index (κ1) is 22.7. The van der Waals surface area contributed by atoms with Crippen molar-refractivity contribution in [3.05, 3.63) is 45.8 Å². The summed E-state index contributed by atoms with van der Waals surface area (Å²) in [6.45, 7) is 5.83. The number of nitro groups is 1. The number of hydrogen-bond donors (Lipinski definition) is 1. The monoisotopic (exact) mass is 447 g/mol. The highest BCUT2D eigenvalue weighted by molar-refractivity contribution is 7.99. The van der Waals surface area contributed by atoms with Crippen LogP contribution in [0.15, 0.2) is 29.4 Å². The van der Waals surface area contributed by atoms with Crippen molar-refractivity contribution in [2.75, 3.05) is 39.0 Å². The zero-order valence-corrected chi connectivity index (χ0v) is 18.3. The fourth-order valence-electron chi connectivity index (χ4n) is 3.17. The molecule has 12 heteroatoms. The minimum Gasteiger partial charge on any atom is -0.345 e. The number of thioether (sulfide) groups is 1. The maximum atomic E-state index is 12.5. The zero-order valence-electron chi connectivity index (χ0n) is 17.5. The lowest BCUT2D eigenvalue weighted by Gasteiger charge is -2.32. The SMILES string of the molecule is CCn1c(CNC(=O)c2cccc([N+](=O)[O-])c2)nnc1SCC(=O)N1CCN(C)CC1. The smallest absolute Gasteiger partial charge is 0.270 e. The summed E-state index contributed by atoms with van der Waals surface area (Å²) in [4.78, 5) is 39.2. The van der Waals surface area contributed by atoms with Gasteiger partial charge >= 0.3 is 0 Å². The molecule has 1 aromatic carbocycles. The molecule has 2 heterocycles. The van der Waals surface area contributed by atoms with E-state index in [1.165, 1.54) is 36.0 Å². The van der Waals surface area contributed by atoms with E-state index in [0.717, 1.165) is 26.2 Å². The number of carbonyl (C=O) groups excluding carboxylic acids is 2. The van der Waals surface area contributed by atoms with Gasteiger partial charge in [0.2, 0.25) is 5.91 Å². The number of non-ortho nitro benzene ring substituents is 1.